The fraction of sp³-hybridized carbons (Fsp3) is 0.263. The molecule has 24 heavy (non-hydrogen) atoms. The van der Waals surface area contributed by atoms with Crippen molar-refractivity contribution in [3.8, 4) is 5.75 Å². The summed E-state index contributed by atoms with van der Waals surface area (Å²) >= 11 is 0. The largest absolute Gasteiger partial charge is 0.497 e. The van der Waals surface area contributed by atoms with Crippen LogP contribution in [0, 0.1) is 0 Å². The van der Waals surface area contributed by atoms with E-state index in [9.17, 15) is 14.7 Å². The molecule has 1 amide bonds. The summed E-state index contributed by atoms with van der Waals surface area (Å²) in [6, 6.07) is 15.8. The van der Waals surface area contributed by atoms with Gasteiger partial charge in [-0.25, -0.2) is 4.79 Å². The van der Waals surface area contributed by atoms with E-state index in [2.05, 4.69) is 5.32 Å². The zero-order valence-electron chi connectivity index (χ0n) is 13.6. The van der Waals surface area contributed by atoms with Gasteiger partial charge in [0.2, 0.25) is 5.91 Å². The predicted molar refractivity (Wildman–Crippen MR) is 91.0 cm³/mol. The van der Waals surface area contributed by atoms with E-state index in [1.807, 2.05) is 54.6 Å². The average molecular weight is 327 g/mol. The predicted octanol–water partition coefficient (Wildman–Crippen LogP) is 2.44. The minimum atomic E-state index is -1.03. The Labute approximate surface area is 141 Å². The number of aryl methyl sites for hydroxylation is 1. The van der Waals surface area contributed by atoms with Crippen molar-refractivity contribution in [1.82, 2.24) is 5.32 Å². The number of aliphatic carboxylic acids is 1. The van der Waals surface area contributed by atoms with E-state index < -0.39 is 12.0 Å². The van der Waals surface area contributed by atoms with Crippen LogP contribution in [0.5, 0.6) is 5.75 Å². The number of carboxylic acid groups (broad SMARTS) is 1. The van der Waals surface area contributed by atoms with Crippen LogP contribution >= 0.6 is 0 Å². The van der Waals surface area contributed by atoms with Crippen LogP contribution in [0.1, 0.15) is 17.5 Å². The van der Waals surface area contributed by atoms with Gasteiger partial charge in [0.05, 0.1) is 7.11 Å². The molecule has 0 bridgehead atoms. The van der Waals surface area contributed by atoms with Crippen molar-refractivity contribution in [2.45, 2.75) is 25.3 Å². The summed E-state index contributed by atoms with van der Waals surface area (Å²) in [6.07, 6.45) is 1.06. The Morgan fingerprint density at radius 3 is 2.29 bits per heavy atom. The molecule has 0 fully saturated rings. The van der Waals surface area contributed by atoms with Crippen LogP contribution in [0.15, 0.2) is 54.6 Å². The normalized spacial score (nSPS) is 11.5. The Balaban J connectivity index is 1.87. The number of hydrogen-bond acceptors (Lipinski definition) is 3. The smallest absolute Gasteiger partial charge is 0.326 e. The van der Waals surface area contributed by atoms with Crippen molar-refractivity contribution in [2.24, 2.45) is 0 Å². The maximum atomic E-state index is 12.0. The lowest BCUT2D eigenvalue weighted by Gasteiger charge is -2.14. The van der Waals surface area contributed by atoms with Crippen LogP contribution in [0.25, 0.3) is 0 Å². The molecule has 5 heteroatoms. The molecule has 0 unspecified atom stereocenters. The van der Waals surface area contributed by atoms with Crippen molar-refractivity contribution in [1.29, 1.82) is 0 Å². The quantitative estimate of drug-likeness (QED) is 0.781. The van der Waals surface area contributed by atoms with Gasteiger partial charge in [-0.05, 0) is 29.7 Å². The molecule has 0 saturated heterocycles. The highest BCUT2D eigenvalue weighted by atomic mass is 16.5. The molecule has 0 saturated carbocycles. The van der Waals surface area contributed by atoms with Crippen LogP contribution < -0.4 is 10.1 Å². The third-order valence-corrected chi connectivity index (χ3v) is 3.72. The Morgan fingerprint density at radius 2 is 1.71 bits per heavy atom. The number of carboxylic acids is 1. The van der Waals surface area contributed by atoms with Crippen molar-refractivity contribution in [3.63, 3.8) is 0 Å². The molecule has 0 aliphatic carbocycles. The highest BCUT2D eigenvalue weighted by Crippen LogP contribution is 2.12. The monoisotopic (exact) mass is 327 g/mol. The summed E-state index contributed by atoms with van der Waals surface area (Å²) in [6.45, 7) is 0. The van der Waals surface area contributed by atoms with E-state index in [1.54, 1.807) is 7.11 Å². The van der Waals surface area contributed by atoms with Crippen LogP contribution in [0.4, 0.5) is 0 Å². The SMILES string of the molecule is COc1ccc(CCC(=O)N[C@@H](Cc2ccccc2)C(=O)O)cc1. The van der Waals surface area contributed by atoms with Crippen LogP contribution in [-0.4, -0.2) is 30.1 Å². The Bertz CT molecular complexity index is 668. The Hall–Kier alpha value is -2.82. The number of benzene rings is 2. The highest BCUT2D eigenvalue weighted by Gasteiger charge is 2.20. The van der Waals surface area contributed by atoms with Crippen molar-refractivity contribution in [3.05, 3.63) is 65.7 Å². The molecular formula is C19H21NO4. The molecule has 126 valence electrons. The first-order chi connectivity index (χ1) is 11.6. The van der Waals surface area contributed by atoms with E-state index in [-0.39, 0.29) is 18.7 Å². The van der Waals surface area contributed by atoms with E-state index in [1.165, 1.54) is 0 Å². The van der Waals surface area contributed by atoms with E-state index in [0.717, 1.165) is 16.9 Å². The molecule has 2 rings (SSSR count). The minimum Gasteiger partial charge on any atom is -0.497 e. The molecule has 0 radical (unpaired) electrons. The van der Waals surface area contributed by atoms with Crippen LogP contribution in [-0.2, 0) is 22.4 Å². The second kappa shape index (κ2) is 8.72. The number of hydrogen-bond donors (Lipinski definition) is 2. The average Bonchev–Trinajstić information content (AvgIpc) is 2.60. The second-order valence-corrected chi connectivity index (χ2v) is 5.50. The Kier molecular flexibility index (Phi) is 6.37. The van der Waals surface area contributed by atoms with E-state index in [4.69, 9.17) is 4.74 Å². The topological polar surface area (TPSA) is 75.6 Å². The first-order valence-electron chi connectivity index (χ1n) is 7.77. The van der Waals surface area contributed by atoms with E-state index in [0.29, 0.717) is 6.42 Å². The summed E-state index contributed by atoms with van der Waals surface area (Å²) < 4.78 is 5.09. The minimum absolute atomic E-state index is 0.241. The summed E-state index contributed by atoms with van der Waals surface area (Å²) in [7, 11) is 1.60. The molecule has 0 spiro atoms. The van der Waals surface area contributed by atoms with Gasteiger partial charge in [-0.2, -0.15) is 0 Å². The number of carbonyl (C=O) groups excluding carboxylic acids is 1. The van der Waals surface area contributed by atoms with E-state index >= 15 is 0 Å². The first-order valence-corrected chi connectivity index (χ1v) is 7.77. The maximum Gasteiger partial charge on any atom is 0.326 e. The van der Waals surface area contributed by atoms with Gasteiger partial charge in [-0.15, -0.1) is 0 Å². The van der Waals surface area contributed by atoms with Gasteiger partial charge in [0.15, 0.2) is 0 Å². The molecule has 2 aromatic carbocycles. The fourth-order valence-electron chi connectivity index (χ4n) is 2.37. The van der Waals surface area contributed by atoms with Gasteiger partial charge >= 0.3 is 5.97 Å². The number of methoxy groups -OCH3 is 1. The zero-order valence-corrected chi connectivity index (χ0v) is 13.6. The zero-order chi connectivity index (χ0) is 17.4. The molecule has 2 aromatic rings. The summed E-state index contributed by atoms with van der Waals surface area (Å²) in [5.41, 5.74) is 1.88. The van der Waals surface area contributed by atoms with Gasteiger partial charge in [0, 0.05) is 12.8 Å². The Morgan fingerprint density at radius 1 is 1.04 bits per heavy atom. The van der Waals surface area contributed by atoms with Crippen LogP contribution in [0.3, 0.4) is 0 Å². The van der Waals surface area contributed by atoms with Gasteiger partial charge in [0.25, 0.3) is 0 Å². The molecular weight excluding hydrogens is 306 g/mol. The lowest BCUT2D eigenvalue weighted by molar-refractivity contribution is -0.141. The number of rotatable bonds is 8. The molecule has 0 aliphatic heterocycles. The maximum absolute atomic E-state index is 12.0. The lowest BCUT2D eigenvalue weighted by Crippen LogP contribution is -2.42. The summed E-state index contributed by atoms with van der Waals surface area (Å²) in [5.74, 6) is -0.539. The van der Waals surface area contributed by atoms with Crippen LogP contribution in [0.2, 0.25) is 0 Å². The van der Waals surface area contributed by atoms with Gasteiger partial charge < -0.3 is 15.2 Å². The lowest BCUT2D eigenvalue weighted by atomic mass is 10.1. The number of amides is 1. The van der Waals surface area contributed by atoms with Crippen molar-refractivity contribution >= 4 is 11.9 Å². The molecule has 0 heterocycles. The standard InChI is InChI=1S/C19H21NO4/c1-24-16-10-7-14(8-11-16)9-12-18(21)20-17(19(22)23)13-15-5-3-2-4-6-15/h2-8,10-11,17H,9,12-13H2,1H3,(H,20,21)(H,22,23)/t17-/m0/s1. The molecule has 1 atom stereocenters. The number of carbonyl (C=O) groups is 2. The second-order valence-electron chi connectivity index (χ2n) is 5.50. The first kappa shape index (κ1) is 17.5. The number of nitrogens with one attached hydrogen (secondary N) is 1. The molecule has 0 aliphatic rings. The molecule has 5 nitrogen and oxygen atoms in total. The highest BCUT2D eigenvalue weighted by molar-refractivity contribution is 5.83. The summed E-state index contributed by atoms with van der Waals surface area (Å²) in [4.78, 5) is 23.4. The van der Waals surface area contributed by atoms with Gasteiger partial charge in [-0.1, -0.05) is 42.5 Å². The third kappa shape index (κ3) is 5.43. The molecule has 0 aromatic heterocycles. The summed E-state index contributed by atoms with van der Waals surface area (Å²) in [5, 5.41) is 11.9. The van der Waals surface area contributed by atoms with Crippen molar-refractivity contribution < 1.29 is 19.4 Å². The molecule has 2 N–H and O–H groups in total. The van der Waals surface area contributed by atoms with Crippen molar-refractivity contribution in [2.75, 3.05) is 7.11 Å². The van der Waals surface area contributed by atoms with Gasteiger partial charge in [0.1, 0.15) is 11.8 Å². The van der Waals surface area contributed by atoms with Gasteiger partial charge in [-0.3, -0.25) is 4.79 Å². The fourth-order valence-corrected chi connectivity index (χ4v) is 2.37. The third-order valence-electron chi connectivity index (χ3n) is 3.72. The number of ether oxygens (including phenoxy) is 1.